The van der Waals surface area contributed by atoms with E-state index < -0.39 is 36.0 Å². The summed E-state index contributed by atoms with van der Waals surface area (Å²) in [5.41, 5.74) is -0.267. The number of halogens is 2. The Kier molecular flexibility index (Phi) is 4.88. The summed E-state index contributed by atoms with van der Waals surface area (Å²) >= 11 is 0. The predicted molar refractivity (Wildman–Crippen MR) is 71.4 cm³/mol. The van der Waals surface area contributed by atoms with Crippen LogP contribution < -0.4 is 0 Å². The van der Waals surface area contributed by atoms with Crippen molar-refractivity contribution in [1.29, 1.82) is 0 Å². The van der Waals surface area contributed by atoms with E-state index in [1.807, 2.05) is 0 Å². The number of nitrogens with zero attached hydrogens (tertiary/aromatic N) is 1. The molecule has 4 nitrogen and oxygen atoms in total. The van der Waals surface area contributed by atoms with Gasteiger partial charge in [-0.05, 0) is 31.4 Å². The number of piperidine rings is 1. The van der Waals surface area contributed by atoms with E-state index in [0.717, 1.165) is 25.0 Å². The highest BCUT2D eigenvalue weighted by molar-refractivity contribution is 5.86. The van der Waals surface area contributed by atoms with Gasteiger partial charge >= 0.3 is 5.97 Å². The van der Waals surface area contributed by atoms with Crippen LogP contribution in [0.15, 0.2) is 18.2 Å². The lowest BCUT2D eigenvalue weighted by atomic mass is 10.0. The van der Waals surface area contributed by atoms with Gasteiger partial charge in [0.1, 0.15) is 17.7 Å². The van der Waals surface area contributed by atoms with E-state index in [2.05, 4.69) is 4.74 Å². The maximum atomic E-state index is 13.6. The van der Waals surface area contributed by atoms with E-state index in [-0.39, 0.29) is 5.56 Å². The molecule has 1 aromatic rings. The normalized spacial score (nSPS) is 18.4. The average molecular weight is 297 g/mol. The molecule has 0 spiro atoms. The standard InChI is InChI=1S/C15H17F2NO3/c1-21-15(20)13-7-2-3-8-18(13)14(19)9-10-11(16)5-4-6-12(10)17/h4-6,13H,2-3,7-9H2,1H3/t13-/m1/s1. The SMILES string of the molecule is COC(=O)[C@H]1CCCCN1C(=O)Cc1c(F)cccc1F. The number of amides is 1. The molecule has 1 heterocycles. The van der Waals surface area contributed by atoms with E-state index >= 15 is 0 Å². The number of hydrogen-bond donors (Lipinski definition) is 0. The van der Waals surface area contributed by atoms with Crippen LogP contribution in [0.3, 0.4) is 0 Å². The predicted octanol–water partition coefficient (Wildman–Crippen LogP) is 2.06. The zero-order chi connectivity index (χ0) is 15.4. The molecule has 114 valence electrons. The molecule has 1 fully saturated rings. The lowest BCUT2D eigenvalue weighted by Crippen LogP contribution is -2.49. The molecular formula is C15H17F2NO3. The van der Waals surface area contributed by atoms with Crippen LogP contribution in [0.1, 0.15) is 24.8 Å². The van der Waals surface area contributed by atoms with Crippen molar-refractivity contribution < 1.29 is 23.1 Å². The van der Waals surface area contributed by atoms with Gasteiger partial charge in [-0.2, -0.15) is 0 Å². The highest BCUT2D eigenvalue weighted by Gasteiger charge is 2.33. The highest BCUT2D eigenvalue weighted by Crippen LogP contribution is 2.21. The fraction of sp³-hybridized carbons (Fsp3) is 0.467. The fourth-order valence-electron chi connectivity index (χ4n) is 2.57. The smallest absolute Gasteiger partial charge is 0.328 e. The minimum absolute atomic E-state index is 0.267. The Morgan fingerprint density at radius 2 is 1.95 bits per heavy atom. The average Bonchev–Trinajstić information content (AvgIpc) is 2.50. The van der Waals surface area contributed by atoms with Gasteiger partial charge in [-0.3, -0.25) is 4.79 Å². The van der Waals surface area contributed by atoms with Crippen molar-refractivity contribution in [2.24, 2.45) is 0 Å². The van der Waals surface area contributed by atoms with Gasteiger partial charge in [0.05, 0.1) is 13.5 Å². The van der Waals surface area contributed by atoms with Crippen molar-refractivity contribution in [2.45, 2.75) is 31.7 Å². The second kappa shape index (κ2) is 6.65. The molecule has 0 saturated carbocycles. The van der Waals surface area contributed by atoms with Crippen molar-refractivity contribution >= 4 is 11.9 Å². The Morgan fingerprint density at radius 1 is 1.29 bits per heavy atom. The summed E-state index contributed by atoms with van der Waals surface area (Å²) in [5.74, 6) is -2.46. The minimum Gasteiger partial charge on any atom is -0.467 e. The van der Waals surface area contributed by atoms with Crippen LogP contribution in [-0.4, -0.2) is 36.5 Å². The number of rotatable bonds is 3. The van der Waals surface area contributed by atoms with E-state index in [4.69, 9.17) is 0 Å². The molecule has 6 heteroatoms. The summed E-state index contributed by atoms with van der Waals surface area (Å²) in [7, 11) is 1.26. The number of methoxy groups -OCH3 is 1. The molecule has 0 radical (unpaired) electrons. The third-order valence-electron chi connectivity index (χ3n) is 3.69. The van der Waals surface area contributed by atoms with Crippen LogP contribution in [0.25, 0.3) is 0 Å². The summed E-state index contributed by atoms with van der Waals surface area (Å²) in [5, 5.41) is 0. The van der Waals surface area contributed by atoms with Gasteiger partial charge in [0.15, 0.2) is 0 Å². The quantitative estimate of drug-likeness (QED) is 0.802. The number of likely N-dealkylation sites (tertiary alicyclic amines) is 1. The Bertz CT molecular complexity index is 527. The Hall–Kier alpha value is -1.98. The second-order valence-electron chi connectivity index (χ2n) is 5.00. The zero-order valence-electron chi connectivity index (χ0n) is 11.8. The van der Waals surface area contributed by atoms with Crippen molar-refractivity contribution in [1.82, 2.24) is 4.90 Å². The summed E-state index contributed by atoms with van der Waals surface area (Å²) in [6.07, 6.45) is 1.70. The van der Waals surface area contributed by atoms with E-state index in [9.17, 15) is 18.4 Å². The minimum atomic E-state index is -0.755. The summed E-state index contributed by atoms with van der Waals surface area (Å²) in [6.45, 7) is 0.397. The molecule has 1 aliphatic rings. The molecule has 0 unspecified atom stereocenters. The number of benzene rings is 1. The summed E-state index contributed by atoms with van der Waals surface area (Å²) < 4.78 is 31.9. The number of ether oxygens (including phenoxy) is 1. The molecule has 21 heavy (non-hydrogen) atoms. The Labute approximate surface area is 121 Å². The Balaban J connectivity index is 2.16. The van der Waals surface area contributed by atoms with Gasteiger partial charge in [-0.15, -0.1) is 0 Å². The molecule has 1 aromatic carbocycles. The lowest BCUT2D eigenvalue weighted by Gasteiger charge is -2.33. The summed E-state index contributed by atoms with van der Waals surface area (Å²) in [6, 6.07) is 2.81. The zero-order valence-corrected chi connectivity index (χ0v) is 11.8. The van der Waals surface area contributed by atoms with Crippen LogP contribution in [0.5, 0.6) is 0 Å². The van der Waals surface area contributed by atoms with Gasteiger partial charge < -0.3 is 9.64 Å². The number of carbonyl (C=O) groups is 2. The van der Waals surface area contributed by atoms with Crippen LogP contribution in [0.4, 0.5) is 8.78 Å². The maximum absolute atomic E-state index is 13.6. The first-order chi connectivity index (χ1) is 10.0. The third kappa shape index (κ3) is 3.37. The van der Waals surface area contributed by atoms with Gasteiger partial charge in [0, 0.05) is 12.1 Å². The molecule has 1 saturated heterocycles. The van der Waals surface area contributed by atoms with Gasteiger partial charge in [-0.25, -0.2) is 13.6 Å². The molecule has 0 N–H and O–H groups in total. The van der Waals surface area contributed by atoms with Crippen LogP contribution in [0.2, 0.25) is 0 Å². The second-order valence-corrected chi connectivity index (χ2v) is 5.00. The molecule has 0 aromatic heterocycles. The monoisotopic (exact) mass is 297 g/mol. The molecule has 1 atom stereocenters. The topological polar surface area (TPSA) is 46.6 Å². The molecule has 0 aliphatic carbocycles. The highest BCUT2D eigenvalue weighted by atomic mass is 19.1. The first-order valence-electron chi connectivity index (χ1n) is 6.84. The van der Waals surface area contributed by atoms with Gasteiger partial charge in [0.2, 0.25) is 5.91 Å². The van der Waals surface area contributed by atoms with Gasteiger partial charge in [-0.1, -0.05) is 6.07 Å². The molecule has 0 bridgehead atoms. The van der Waals surface area contributed by atoms with E-state index in [1.54, 1.807) is 0 Å². The number of carbonyl (C=O) groups excluding carboxylic acids is 2. The van der Waals surface area contributed by atoms with E-state index in [0.29, 0.717) is 13.0 Å². The first-order valence-corrected chi connectivity index (χ1v) is 6.84. The van der Waals surface area contributed by atoms with Crippen molar-refractivity contribution in [3.63, 3.8) is 0 Å². The maximum Gasteiger partial charge on any atom is 0.328 e. The van der Waals surface area contributed by atoms with Crippen LogP contribution in [0, 0.1) is 11.6 Å². The fourth-order valence-corrected chi connectivity index (χ4v) is 2.57. The first kappa shape index (κ1) is 15.4. The third-order valence-corrected chi connectivity index (χ3v) is 3.69. The van der Waals surface area contributed by atoms with Crippen molar-refractivity contribution in [2.75, 3.05) is 13.7 Å². The van der Waals surface area contributed by atoms with Crippen LogP contribution >= 0.6 is 0 Å². The molecule has 1 aliphatic heterocycles. The number of esters is 1. The molecular weight excluding hydrogens is 280 g/mol. The largest absolute Gasteiger partial charge is 0.467 e. The molecule has 2 rings (SSSR count). The van der Waals surface area contributed by atoms with E-state index in [1.165, 1.54) is 18.1 Å². The van der Waals surface area contributed by atoms with Crippen LogP contribution in [-0.2, 0) is 20.7 Å². The number of hydrogen-bond acceptors (Lipinski definition) is 3. The van der Waals surface area contributed by atoms with Crippen molar-refractivity contribution in [3.05, 3.63) is 35.4 Å². The molecule has 1 amide bonds. The van der Waals surface area contributed by atoms with Crippen molar-refractivity contribution in [3.8, 4) is 0 Å². The summed E-state index contributed by atoms with van der Waals surface area (Å²) in [4.78, 5) is 25.4. The van der Waals surface area contributed by atoms with Gasteiger partial charge in [0.25, 0.3) is 0 Å². The lowest BCUT2D eigenvalue weighted by molar-refractivity contribution is -0.154. The Morgan fingerprint density at radius 3 is 2.57 bits per heavy atom.